The van der Waals surface area contributed by atoms with Gasteiger partial charge in [-0.25, -0.2) is 9.79 Å². The first-order chi connectivity index (χ1) is 16.3. The Bertz CT molecular complexity index is 1350. The molecule has 1 aliphatic rings. The van der Waals surface area contributed by atoms with Crippen LogP contribution in [0.1, 0.15) is 22.3 Å². The number of methoxy groups -OCH3 is 1. The molecule has 0 N–H and O–H groups in total. The Morgan fingerprint density at radius 1 is 1.12 bits per heavy atom. The van der Waals surface area contributed by atoms with Crippen LogP contribution in [-0.4, -0.2) is 23.9 Å². The number of halogens is 1. The molecule has 0 saturated carbocycles. The summed E-state index contributed by atoms with van der Waals surface area (Å²) in [4.78, 5) is 27.2. The number of hydrogen-bond donors (Lipinski definition) is 0. The van der Waals surface area contributed by atoms with Crippen LogP contribution in [-0.2, 0) is 16.1 Å². The van der Waals surface area contributed by atoms with Crippen molar-refractivity contribution < 1.29 is 23.9 Å². The minimum atomic E-state index is -0.531. The molecule has 0 atom stereocenters. The van der Waals surface area contributed by atoms with Crippen LogP contribution in [0.3, 0.4) is 0 Å². The summed E-state index contributed by atoms with van der Waals surface area (Å²) < 4.78 is 17.7. The van der Waals surface area contributed by atoms with Gasteiger partial charge in [0.15, 0.2) is 17.2 Å². The molecular formula is C25H19IN2O6. The van der Waals surface area contributed by atoms with Gasteiger partial charge in [0.25, 0.3) is 5.69 Å². The Labute approximate surface area is 209 Å². The first kappa shape index (κ1) is 23.4. The lowest BCUT2D eigenvalue weighted by Crippen LogP contribution is -2.05. The van der Waals surface area contributed by atoms with E-state index in [1.54, 1.807) is 36.4 Å². The van der Waals surface area contributed by atoms with E-state index in [2.05, 4.69) is 27.6 Å². The van der Waals surface area contributed by atoms with Crippen molar-refractivity contribution in [1.82, 2.24) is 0 Å². The fourth-order valence-corrected chi connectivity index (χ4v) is 3.62. The van der Waals surface area contributed by atoms with Gasteiger partial charge in [0.1, 0.15) is 6.61 Å². The standard InChI is InChI=1S/C25H19IN2O6/c1-15-10-18(7-8-20(15)26)24-27-21(25(29)34-24)12-16-6-9-22(23(13-16)32-2)33-14-17-4-3-5-19(11-17)28(30)31/h3-13H,14H2,1-2H3/b21-12-. The Morgan fingerprint density at radius 2 is 1.94 bits per heavy atom. The fraction of sp³-hybridized carbons (Fsp3) is 0.120. The van der Waals surface area contributed by atoms with Crippen molar-refractivity contribution in [3.63, 3.8) is 0 Å². The zero-order chi connectivity index (χ0) is 24.2. The first-order valence-corrected chi connectivity index (χ1v) is 11.2. The monoisotopic (exact) mass is 570 g/mol. The fourth-order valence-electron chi connectivity index (χ4n) is 3.28. The largest absolute Gasteiger partial charge is 0.493 e. The van der Waals surface area contributed by atoms with Crippen LogP contribution in [0.5, 0.6) is 11.5 Å². The van der Waals surface area contributed by atoms with Crippen LogP contribution in [0.4, 0.5) is 5.69 Å². The van der Waals surface area contributed by atoms with E-state index in [0.29, 0.717) is 22.6 Å². The highest BCUT2D eigenvalue weighted by Gasteiger charge is 2.24. The van der Waals surface area contributed by atoms with Crippen molar-refractivity contribution in [2.75, 3.05) is 7.11 Å². The SMILES string of the molecule is COc1cc(/C=C2\N=C(c3ccc(I)c(C)c3)OC2=O)ccc1OCc1cccc([N+](=O)[O-])c1. The van der Waals surface area contributed by atoms with E-state index in [-0.39, 0.29) is 23.9 Å². The van der Waals surface area contributed by atoms with Crippen LogP contribution in [0, 0.1) is 20.6 Å². The van der Waals surface area contributed by atoms with E-state index in [1.165, 1.54) is 19.2 Å². The second kappa shape index (κ2) is 10.0. The molecule has 172 valence electrons. The second-order valence-electron chi connectivity index (χ2n) is 7.43. The molecule has 8 nitrogen and oxygen atoms in total. The van der Waals surface area contributed by atoms with Crippen molar-refractivity contribution in [3.05, 3.63) is 102 Å². The molecule has 1 heterocycles. The number of rotatable bonds is 7. The quantitative estimate of drug-likeness (QED) is 0.123. The van der Waals surface area contributed by atoms with Gasteiger partial charge < -0.3 is 14.2 Å². The van der Waals surface area contributed by atoms with Gasteiger partial charge in [-0.1, -0.05) is 18.2 Å². The summed E-state index contributed by atoms with van der Waals surface area (Å²) in [5, 5.41) is 11.0. The molecule has 3 aromatic rings. The van der Waals surface area contributed by atoms with E-state index in [1.807, 2.05) is 25.1 Å². The first-order valence-electron chi connectivity index (χ1n) is 10.2. The summed E-state index contributed by atoms with van der Waals surface area (Å²) in [6, 6.07) is 17.1. The third-order valence-corrected chi connectivity index (χ3v) is 6.24. The maximum absolute atomic E-state index is 12.4. The summed E-state index contributed by atoms with van der Waals surface area (Å²) in [7, 11) is 1.51. The van der Waals surface area contributed by atoms with Gasteiger partial charge in [0, 0.05) is 21.3 Å². The topological polar surface area (TPSA) is 100 Å². The molecule has 1 aliphatic heterocycles. The number of nitrogens with zero attached hydrogens (tertiary/aromatic N) is 2. The molecule has 0 spiro atoms. The van der Waals surface area contributed by atoms with Crippen molar-refractivity contribution >= 4 is 46.2 Å². The Morgan fingerprint density at radius 3 is 2.68 bits per heavy atom. The van der Waals surface area contributed by atoms with Crippen molar-refractivity contribution in [2.45, 2.75) is 13.5 Å². The smallest absolute Gasteiger partial charge is 0.363 e. The lowest BCUT2D eigenvalue weighted by molar-refractivity contribution is -0.384. The van der Waals surface area contributed by atoms with Gasteiger partial charge in [0.2, 0.25) is 5.90 Å². The number of esters is 1. The third-order valence-electron chi connectivity index (χ3n) is 5.03. The molecular weight excluding hydrogens is 551 g/mol. The molecule has 0 aromatic heterocycles. The molecule has 9 heteroatoms. The predicted molar refractivity (Wildman–Crippen MR) is 135 cm³/mol. The maximum Gasteiger partial charge on any atom is 0.363 e. The molecule has 0 amide bonds. The Hall–Kier alpha value is -3.73. The van der Waals surface area contributed by atoms with Gasteiger partial charge in [-0.2, -0.15) is 0 Å². The number of hydrogen-bond acceptors (Lipinski definition) is 7. The molecule has 0 radical (unpaired) electrons. The summed E-state index contributed by atoms with van der Waals surface area (Å²) in [5.74, 6) is 0.642. The number of aryl methyl sites for hydroxylation is 1. The lowest BCUT2D eigenvalue weighted by Gasteiger charge is -2.11. The van der Waals surface area contributed by atoms with Crippen molar-refractivity contribution in [2.24, 2.45) is 4.99 Å². The van der Waals surface area contributed by atoms with Crippen LogP contribution in [0.15, 0.2) is 71.4 Å². The van der Waals surface area contributed by atoms with Crippen LogP contribution >= 0.6 is 22.6 Å². The highest BCUT2D eigenvalue weighted by atomic mass is 127. The molecule has 0 fully saturated rings. The maximum atomic E-state index is 12.4. The zero-order valence-corrected chi connectivity index (χ0v) is 20.4. The van der Waals surface area contributed by atoms with Gasteiger partial charge in [-0.3, -0.25) is 10.1 Å². The number of benzene rings is 3. The van der Waals surface area contributed by atoms with Crippen molar-refractivity contribution in [1.29, 1.82) is 0 Å². The third kappa shape index (κ3) is 5.25. The zero-order valence-electron chi connectivity index (χ0n) is 18.3. The van der Waals surface area contributed by atoms with Crippen molar-refractivity contribution in [3.8, 4) is 11.5 Å². The number of ether oxygens (including phenoxy) is 3. The summed E-state index contributed by atoms with van der Waals surface area (Å²) >= 11 is 2.24. The van der Waals surface area contributed by atoms with E-state index < -0.39 is 10.9 Å². The predicted octanol–water partition coefficient (Wildman–Crippen LogP) is 5.44. The summed E-state index contributed by atoms with van der Waals surface area (Å²) in [6.45, 7) is 2.11. The average molecular weight is 570 g/mol. The molecule has 0 aliphatic carbocycles. The molecule has 0 bridgehead atoms. The van der Waals surface area contributed by atoms with Gasteiger partial charge in [-0.15, -0.1) is 0 Å². The van der Waals surface area contributed by atoms with E-state index in [0.717, 1.165) is 14.7 Å². The minimum absolute atomic E-state index is 0.00110. The van der Waals surface area contributed by atoms with Crippen LogP contribution in [0.25, 0.3) is 6.08 Å². The van der Waals surface area contributed by atoms with Gasteiger partial charge in [-0.05, 0) is 82.6 Å². The number of non-ortho nitro benzene ring substituents is 1. The molecule has 0 unspecified atom stereocenters. The number of carbonyl (C=O) groups excluding carboxylic acids is 1. The van der Waals surface area contributed by atoms with Crippen LogP contribution in [0.2, 0.25) is 0 Å². The van der Waals surface area contributed by atoms with E-state index >= 15 is 0 Å². The molecule has 4 rings (SSSR count). The number of nitro groups is 1. The molecule has 34 heavy (non-hydrogen) atoms. The van der Waals surface area contributed by atoms with Gasteiger partial charge >= 0.3 is 5.97 Å². The highest BCUT2D eigenvalue weighted by molar-refractivity contribution is 14.1. The van der Waals surface area contributed by atoms with Gasteiger partial charge in [0.05, 0.1) is 12.0 Å². The summed E-state index contributed by atoms with van der Waals surface area (Å²) in [5.41, 5.74) is 3.31. The molecule has 0 saturated heterocycles. The normalized spacial score (nSPS) is 14.0. The second-order valence-corrected chi connectivity index (χ2v) is 8.59. The lowest BCUT2D eigenvalue weighted by atomic mass is 10.1. The summed E-state index contributed by atoms with van der Waals surface area (Å²) in [6.07, 6.45) is 1.61. The Kier molecular flexibility index (Phi) is 6.92. The number of aliphatic imine (C=N–C) groups is 1. The average Bonchev–Trinajstić information content (AvgIpc) is 3.20. The number of cyclic esters (lactones) is 1. The Balaban J connectivity index is 1.53. The van der Waals surface area contributed by atoms with E-state index in [9.17, 15) is 14.9 Å². The number of nitro benzene ring substituents is 1. The highest BCUT2D eigenvalue weighted by Crippen LogP contribution is 2.31. The molecule has 3 aromatic carbocycles. The van der Waals surface area contributed by atoms with Crippen LogP contribution < -0.4 is 9.47 Å². The van der Waals surface area contributed by atoms with E-state index in [4.69, 9.17) is 14.2 Å². The minimum Gasteiger partial charge on any atom is -0.493 e. The number of carbonyl (C=O) groups is 1.